The minimum atomic E-state index is -0.347. The lowest BCUT2D eigenvalue weighted by Gasteiger charge is -2.03. The molecule has 2 rings (SSSR count). The third kappa shape index (κ3) is 4.09. The number of hydrogen-bond donors (Lipinski definition) is 1. The zero-order valence-corrected chi connectivity index (χ0v) is 13.7. The standard InChI is InChI=1S/C12H11Cl2N3OS2/c1-2-5-19-12-17-16-11(20-12)15-10(18)8-6-7(13)3-4-9(8)14/h3-4,6H,2,5H2,1H3,(H,15,16,18). The van der Waals surface area contributed by atoms with E-state index in [4.69, 9.17) is 23.2 Å². The highest BCUT2D eigenvalue weighted by Gasteiger charge is 2.14. The number of benzene rings is 1. The number of anilines is 1. The van der Waals surface area contributed by atoms with Gasteiger partial charge in [0.1, 0.15) is 0 Å². The van der Waals surface area contributed by atoms with Gasteiger partial charge in [-0.2, -0.15) is 0 Å². The Morgan fingerprint density at radius 1 is 1.40 bits per heavy atom. The summed E-state index contributed by atoms with van der Waals surface area (Å²) in [5, 5.41) is 11.8. The van der Waals surface area contributed by atoms with Crippen molar-refractivity contribution >= 4 is 57.3 Å². The molecule has 1 N–H and O–H groups in total. The molecule has 0 atom stereocenters. The van der Waals surface area contributed by atoms with Crippen LogP contribution in [0.4, 0.5) is 5.13 Å². The summed E-state index contributed by atoms with van der Waals surface area (Å²) in [6, 6.07) is 4.74. The zero-order chi connectivity index (χ0) is 14.5. The first kappa shape index (κ1) is 15.6. The molecule has 1 heterocycles. The van der Waals surface area contributed by atoms with E-state index in [1.54, 1.807) is 23.9 Å². The molecule has 0 saturated carbocycles. The van der Waals surface area contributed by atoms with Crippen LogP contribution in [0.5, 0.6) is 0 Å². The smallest absolute Gasteiger partial charge is 0.259 e. The van der Waals surface area contributed by atoms with Crippen LogP contribution in [0, 0.1) is 0 Å². The number of carbonyl (C=O) groups is 1. The van der Waals surface area contributed by atoms with Crippen LogP contribution in [-0.4, -0.2) is 21.9 Å². The van der Waals surface area contributed by atoms with Crippen LogP contribution in [0.2, 0.25) is 10.0 Å². The second-order valence-electron chi connectivity index (χ2n) is 3.80. The van der Waals surface area contributed by atoms with Crippen molar-refractivity contribution in [2.75, 3.05) is 11.1 Å². The monoisotopic (exact) mass is 347 g/mol. The molecule has 20 heavy (non-hydrogen) atoms. The summed E-state index contributed by atoms with van der Waals surface area (Å²) in [5.41, 5.74) is 0.317. The van der Waals surface area contributed by atoms with E-state index in [-0.39, 0.29) is 5.91 Å². The van der Waals surface area contributed by atoms with E-state index in [1.165, 1.54) is 17.4 Å². The number of nitrogens with zero attached hydrogens (tertiary/aromatic N) is 2. The quantitative estimate of drug-likeness (QED) is 0.634. The number of thioether (sulfide) groups is 1. The minimum Gasteiger partial charge on any atom is -0.296 e. The maximum Gasteiger partial charge on any atom is 0.259 e. The summed E-state index contributed by atoms with van der Waals surface area (Å²) in [6.07, 6.45) is 1.06. The van der Waals surface area contributed by atoms with Gasteiger partial charge in [0.15, 0.2) is 4.34 Å². The van der Waals surface area contributed by atoms with E-state index in [0.717, 1.165) is 16.5 Å². The summed E-state index contributed by atoms with van der Waals surface area (Å²) in [4.78, 5) is 12.1. The molecule has 0 unspecified atom stereocenters. The normalized spacial score (nSPS) is 10.6. The average molecular weight is 348 g/mol. The number of amides is 1. The minimum absolute atomic E-state index is 0.317. The van der Waals surface area contributed by atoms with E-state index in [0.29, 0.717) is 20.7 Å². The second-order valence-corrected chi connectivity index (χ2v) is 6.96. The Morgan fingerprint density at radius 2 is 2.20 bits per heavy atom. The number of halogens is 2. The van der Waals surface area contributed by atoms with Gasteiger partial charge in [0, 0.05) is 10.8 Å². The Balaban J connectivity index is 2.07. The van der Waals surface area contributed by atoms with E-state index in [2.05, 4.69) is 22.4 Å². The van der Waals surface area contributed by atoms with Gasteiger partial charge in [-0.3, -0.25) is 10.1 Å². The fourth-order valence-electron chi connectivity index (χ4n) is 1.34. The summed E-state index contributed by atoms with van der Waals surface area (Å²) in [5.74, 6) is 0.628. The van der Waals surface area contributed by atoms with Crippen molar-refractivity contribution in [2.24, 2.45) is 0 Å². The van der Waals surface area contributed by atoms with Crippen molar-refractivity contribution in [2.45, 2.75) is 17.7 Å². The maximum atomic E-state index is 12.1. The molecular formula is C12H11Cl2N3OS2. The van der Waals surface area contributed by atoms with E-state index >= 15 is 0 Å². The van der Waals surface area contributed by atoms with Crippen LogP contribution in [0.25, 0.3) is 0 Å². The van der Waals surface area contributed by atoms with Gasteiger partial charge in [0.2, 0.25) is 5.13 Å². The molecule has 4 nitrogen and oxygen atoms in total. The number of carbonyl (C=O) groups excluding carboxylic acids is 1. The Kier molecular flexibility index (Phi) is 5.65. The molecule has 0 saturated heterocycles. The number of aromatic nitrogens is 2. The van der Waals surface area contributed by atoms with Crippen LogP contribution in [0.3, 0.4) is 0 Å². The van der Waals surface area contributed by atoms with Crippen LogP contribution in [-0.2, 0) is 0 Å². The van der Waals surface area contributed by atoms with Crippen molar-refractivity contribution in [1.29, 1.82) is 0 Å². The molecule has 106 valence electrons. The highest BCUT2D eigenvalue weighted by atomic mass is 35.5. The molecule has 0 aliphatic carbocycles. The molecule has 2 aromatic rings. The Bertz CT molecular complexity index is 618. The summed E-state index contributed by atoms with van der Waals surface area (Å²) >= 11 is 14.8. The van der Waals surface area contributed by atoms with Gasteiger partial charge >= 0.3 is 0 Å². The van der Waals surface area contributed by atoms with Gasteiger partial charge in [-0.05, 0) is 24.6 Å². The molecule has 0 aliphatic heterocycles. The molecule has 1 aromatic heterocycles. The molecule has 0 aliphatic rings. The number of rotatable bonds is 5. The SMILES string of the molecule is CCCSc1nnc(NC(=O)c2cc(Cl)ccc2Cl)s1. The lowest BCUT2D eigenvalue weighted by atomic mass is 10.2. The fourth-order valence-corrected chi connectivity index (χ4v) is 3.39. The topological polar surface area (TPSA) is 54.9 Å². The van der Waals surface area contributed by atoms with Crippen LogP contribution < -0.4 is 5.32 Å². The first-order valence-electron chi connectivity index (χ1n) is 5.83. The second kappa shape index (κ2) is 7.26. The van der Waals surface area contributed by atoms with Crippen LogP contribution in [0.1, 0.15) is 23.7 Å². The fraction of sp³-hybridized carbons (Fsp3) is 0.250. The van der Waals surface area contributed by atoms with Crippen molar-refractivity contribution in [3.63, 3.8) is 0 Å². The lowest BCUT2D eigenvalue weighted by molar-refractivity contribution is 0.102. The third-order valence-corrected chi connectivity index (χ3v) is 4.97. The molecule has 1 amide bonds. The predicted octanol–water partition coefficient (Wildman–Crippen LogP) is 4.60. The van der Waals surface area contributed by atoms with Gasteiger partial charge in [0.25, 0.3) is 5.91 Å². The molecule has 0 bridgehead atoms. The first-order chi connectivity index (χ1) is 9.60. The van der Waals surface area contributed by atoms with E-state index < -0.39 is 0 Å². The van der Waals surface area contributed by atoms with Gasteiger partial charge in [-0.15, -0.1) is 10.2 Å². The summed E-state index contributed by atoms with van der Waals surface area (Å²) < 4.78 is 0.833. The molecule has 0 radical (unpaired) electrons. The van der Waals surface area contributed by atoms with Crippen LogP contribution >= 0.6 is 46.3 Å². The number of nitrogens with one attached hydrogen (secondary N) is 1. The highest BCUT2D eigenvalue weighted by Crippen LogP contribution is 2.27. The molecule has 8 heteroatoms. The van der Waals surface area contributed by atoms with Crippen molar-refractivity contribution in [1.82, 2.24) is 10.2 Å². The van der Waals surface area contributed by atoms with E-state index in [1.807, 2.05) is 0 Å². The summed E-state index contributed by atoms with van der Waals surface area (Å²) in [7, 11) is 0. The van der Waals surface area contributed by atoms with Crippen molar-refractivity contribution < 1.29 is 4.79 Å². The Morgan fingerprint density at radius 3 is 2.95 bits per heavy atom. The Hall–Kier alpha value is -0.820. The molecule has 0 spiro atoms. The third-order valence-electron chi connectivity index (χ3n) is 2.23. The first-order valence-corrected chi connectivity index (χ1v) is 8.38. The van der Waals surface area contributed by atoms with Crippen molar-refractivity contribution in [3.8, 4) is 0 Å². The van der Waals surface area contributed by atoms with Gasteiger partial charge in [-0.25, -0.2) is 0 Å². The van der Waals surface area contributed by atoms with Gasteiger partial charge < -0.3 is 0 Å². The van der Waals surface area contributed by atoms with E-state index in [9.17, 15) is 4.79 Å². The lowest BCUT2D eigenvalue weighted by Crippen LogP contribution is -2.12. The highest BCUT2D eigenvalue weighted by molar-refractivity contribution is 8.01. The predicted molar refractivity (Wildman–Crippen MR) is 85.3 cm³/mol. The molecular weight excluding hydrogens is 337 g/mol. The largest absolute Gasteiger partial charge is 0.296 e. The molecule has 0 fully saturated rings. The average Bonchev–Trinajstić information content (AvgIpc) is 2.86. The number of hydrogen-bond acceptors (Lipinski definition) is 5. The van der Waals surface area contributed by atoms with Gasteiger partial charge in [-0.1, -0.05) is 53.2 Å². The molecule has 1 aromatic carbocycles. The van der Waals surface area contributed by atoms with Gasteiger partial charge in [0.05, 0.1) is 10.6 Å². The van der Waals surface area contributed by atoms with Crippen molar-refractivity contribution in [3.05, 3.63) is 33.8 Å². The Labute approximate surface area is 134 Å². The summed E-state index contributed by atoms with van der Waals surface area (Å²) in [6.45, 7) is 2.10. The van der Waals surface area contributed by atoms with Crippen LogP contribution in [0.15, 0.2) is 22.5 Å². The maximum absolute atomic E-state index is 12.1. The zero-order valence-electron chi connectivity index (χ0n) is 10.5.